The van der Waals surface area contributed by atoms with Gasteiger partial charge in [-0.2, -0.15) is 5.10 Å². The molecule has 2 rings (SSSR count). The molecule has 84 valence electrons. The van der Waals surface area contributed by atoms with Crippen LogP contribution < -0.4 is 0 Å². The molecule has 3 heteroatoms. The second kappa shape index (κ2) is 4.35. The highest BCUT2D eigenvalue weighted by atomic mass is 16.2. The van der Waals surface area contributed by atoms with Crippen LogP contribution in [0.3, 0.4) is 0 Å². The Balaban J connectivity index is 2.27. The van der Waals surface area contributed by atoms with Gasteiger partial charge in [0, 0.05) is 12.3 Å². The number of aliphatic hydroxyl groups excluding tert-OH is 1. The Hall–Kier alpha value is -0.830. The number of hydrogen-bond acceptors (Lipinski definition) is 2. The standard InChI is InChI=1S/C12H20N2O/c1-9-12(7-8-15)10(2)14(13-9)11-5-3-4-6-11/h11,15H,3-8H2,1-2H3. The molecule has 1 aromatic heterocycles. The van der Waals surface area contributed by atoms with E-state index in [-0.39, 0.29) is 6.61 Å². The average Bonchev–Trinajstić information content (AvgIpc) is 2.81. The van der Waals surface area contributed by atoms with E-state index in [4.69, 9.17) is 5.11 Å². The van der Waals surface area contributed by atoms with E-state index in [9.17, 15) is 0 Å². The fourth-order valence-electron chi connectivity index (χ4n) is 2.67. The summed E-state index contributed by atoms with van der Waals surface area (Å²) >= 11 is 0. The van der Waals surface area contributed by atoms with Crippen molar-refractivity contribution in [1.82, 2.24) is 9.78 Å². The van der Waals surface area contributed by atoms with Crippen molar-refractivity contribution in [2.45, 2.75) is 52.0 Å². The summed E-state index contributed by atoms with van der Waals surface area (Å²) in [6.45, 7) is 4.39. The Labute approximate surface area is 91.1 Å². The maximum atomic E-state index is 9.01. The van der Waals surface area contributed by atoms with Crippen LogP contribution in [0, 0.1) is 13.8 Å². The molecule has 15 heavy (non-hydrogen) atoms. The maximum Gasteiger partial charge on any atom is 0.0629 e. The summed E-state index contributed by atoms with van der Waals surface area (Å²) in [4.78, 5) is 0. The number of aromatic nitrogens is 2. The zero-order valence-electron chi connectivity index (χ0n) is 9.66. The van der Waals surface area contributed by atoms with Gasteiger partial charge in [0.1, 0.15) is 0 Å². The third-order valence-electron chi connectivity index (χ3n) is 3.51. The first-order chi connectivity index (χ1) is 7.24. The molecule has 1 aliphatic rings. The summed E-state index contributed by atoms with van der Waals surface area (Å²) in [6, 6.07) is 0.608. The van der Waals surface area contributed by atoms with Crippen molar-refractivity contribution in [2.75, 3.05) is 6.61 Å². The third-order valence-corrected chi connectivity index (χ3v) is 3.51. The molecule has 0 unspecified atom stereocenters. The van der Waals surface area contributed by atoms with Crippen molar-refractivity contribution >= 4 is 0 Å². The molecule has 1 N–H and O–H groups in total. The summed E-state index contributed by atoms with van der Waals surface area (Å²) in [5.74, 6) is 0. The van der Waals surface area contributed by atoms with Gasteiger partial charge < -0.3 is 5.11 Å². The number of aryl methyl sites for hydroxylation is 1. The lowest BCUT2D eigenvalue weighted by molar-refractivity contribution is 0.299. The minimum atomic E-state index is 0.220. The number of nitrogens with zero attached hydrogens (tertiary/aromatic N) is 2. The van der Waals surface area contributed by atoms with Gasteiger partial charge in [0.15, 0.2) is 0 Å². The van der Waals surface area contributed by atoms with E-state index in [2.05, 4.69) is 16.7 Å². The van der Waals surface area contributed by atoms with E-state index >= 15 is 0 Å². The van der Waals surface area contributed by atoms with Crippen LogP contribution in [0.25, 0.3) is 0 Å². The smallest absolute Gasteiger partial charge is 0.0629 e. The van der Waals surface area contributed by atoms with Crippen LogP contribution in [0.15, 0.2) is 0 Å². The number of hydrogen-bond donors (Lipinski definition) is 1. The lowest BCUT2D eigenvalue weighted by Gasteiger charge is -2.12. The highest BCUT2D eigenvalue weighted by Gasteiger charge is 2.21. The van der Waals surface area contributed by atoms with Gasteiger partial charge in [-0.1, -0.05) is 12.8 Å². The van der Waals surface area contributed by atoms with E-state index in [1.54, 1.807) is 0 Å². The molecule has 1 aliphatic carbocycles. The monoisotopic (exact) mass is 208 g/mol. The maximum absolute atomic E-state index is 9.01. The molecule has 0 saturated heterocycles. The first-order valence-corrected chi connectivity index (χ1v) is 5.89. The largest absolute Gasteiger partial charge is 0.396 e. The highest BCUT2D eigenvalue weighted by molar-refractivity contribution is 5.25. The Morgan fingerprint density at radius 3 is 2.60 bits per heavy atom. The van der Waals surface area contributed by atoms with Gasteiger partial charge in [0.05, 0.1) is 11.7 Å². The average molecular weight is 208 g/mol. The van der Waals surface area contributed by atoms with Crippen molar-refractivity contribution < 1.29 is 5.11 Å². The normalized spacial score (nSPS) is 17.5. The fraction of sp³-hybridized carbons (Fsp3) is 0.750. The summed E-state index contributed by atoms with van der Waals surface area (Å²) in [6.07, 6.45) is 5.93. The molecule has 0 atom stereocenters. The van der Waals surface area contributed by atoms with Crippen LogP contribution in [0.5, 0.6) is 0 Å². The summed E-state index contributed by atoms with van der Waals surface area (Å²) in [5.41, 5.74) is 3.59. The van der Waals surface area contributed by atoms with Gasteiger partial charge in [0.2, 0.25) is 0 Å². The molecule has 0 aromatic carbocycles. The molecule has 1 fully saturated rings. The minimum Gasteiger partial charge on any atom is -0.396 e. The SMILES string of the molecule is Cc1nn(C2CCCC2)c(C)c1CCO. The van der Waals surface area contributed by atoms with Gasteiger partial charge in [-0.25, -0.2) is 0 Å². The number of aliphatic hydroxyl groups is 1. The van der Waals surface area contributed by atoms with Gasteiger partial charge in [0.25, 0.3) is 0 Å². The molecule has 3 nitrogen and oxygen atoms in total. The van der Waals surface area contributed by atoms with Crippen molar-refractivity contribution in [1.29, 1.82) is 0 Å². The molecule has 0 bridgehead atoms. The summed E-state index contributed by atoms with van der Waals surface area (Å²) < 4.78 is 2.19. The van der Waals surface area contributed by atoms with E-state index in [0.717, 1.165) is 12.1 Å². The molecule has 0 spiro atoms. The molecule has 0 aliphatic heterocycles. The highest BCUT2D eigenvalue weighted by Crippen LogP contribution is 2.31. The predicted molar refractivity (Wildman–Crippen MR) is 60.0 cm³/mol. The molecule has 1 heterocycles. The fourth-order valence-corrected chi connectivity index (χ4v) is 2.67. The quantitative estimate of drug-likeness (QED) is 0.826. The first-order valence-electron chi connectivity index (χ1n) is 5.89. The van der Waals surface area contributed by atoms with E-state index in [1.165, 1.54) is 36.9 Å². The zero-order chi connectivity index (χ0) is 10.8. The Morgan fingerprint density at radius 1 is 1.33 bits per heavy atom. The van der Waals surface area contributed by atoms with Crippen LogP contribution in [-0.2, 0) is 6.42 Å². The lowest BCUT2D eigenvalue weighted by Crippen LogP contribution is -2.08. The predicted octanol–water partition coefficient (Wildman–Crippen LogP) is 2.15. The van der Waals surface area contributed by atoms with E-state index < -0.39 is 0 Å². The Kier molecular flexibility index (Phi) is 3.10. The van der Waals surface area contributed by atoms with Crippen LogP contribution in [0.2, 0.25) is 0 Å². The second-order valence-electron chi connectivity index (χ2n) is 4.51. The van der Waals surface area contributed by atoms with Gasteiger partial charge >= 0.3 is 0 Å². The van der Waals surface area contributed by atoms with Crippen LogP contribution in [0.1, 0.15) is 48.7 Å². The Bertz CT molecular complexity index is 338. The van der Waals surface area contributed by atoms with Crippen LogP contribution in [0.4, 0.5) is 0 Å². The third kappa shape index (κ3) is 1.93. The first kappa shape index (κ1) is 10.7. The topological polar surface area (TPSA) is 38.0 Å². The van der Waals surface area contributed by atoms with Gasteiger partial charge in [-0.05, 0) is 38.7 Å². The molecule has 0 radical (unpaired) electrons. The Morgan fingerprint density at radius 2 is 2.00 bits per heavy atom. The van der Waals surface area contributed by atoms with E-state index in [1.807, 2.05) is 6.92 Å². The molecular weight excluding hydrogens is 188 g/mol. The van der Waals surface area contributed by atoms with E-state index in [0.29, 0.717) is 6.04 Å². The zero-order valence-corrected chi connectivity index (χ0v) is 9.66. The lowest BCUT2D eigenvalue weighted by atomic mass is 10.1. The molecule has 1 aromatic rings. The van der Waals surface area contributed by atoms with Gasteiger partial charge in [-0.3, -0.25) is 4.68 Å². The van der Waals surface area contributed by atoms with Crippen molar-refractivity contribution in [3.63, 3.8) is 0 Å². The minimum absolute atomic E-state index is 0.220. The van der Waals surface area contributed by atoms with Crippen LogP contribution in [-0.4, -0.2) is 21.5 Å². The van der Waals surface area contributed by atoms with Crippen molar-refractivity contribution in [3.8, 4) is 0 Å². The number of rotatable bonds is 3. The van der Waals surface area contributed by atoms with Gasteiger partial charge in [-0.15, -0.1) is 0 Å². The van der Waals surface area contributed by atoms with Crippen molar-refractivity contribution in [3.05, 3.63) is 17.0 Å². The summed E-state index contributed by atoms with van der Waals surface area (Å²) in [7, 11) is 0. The van der Waals surface area contributed by atoms with Crippen molar-refractivity contribution in [2.24, 2.45) is 0 Å². The molecular formula is C12H20N2O. The van der Waals surface area contributed by atoms with Crippen LogP contribution >= 0.6 is 0 Å². The molecule has 0 amide bonds. The summed E-state index contributed by atoms with van der Waals surface area (Å²) in [5, 5.41) is 13.6. The molecule has 1 saturated carbocycles. The second-order valence-corrected chi connectivity index (χ2v) is 4.51.